The molecule has 2 N–H and O–H groups in total. The van der Waals surface area contributed by atoms with Gasteiger partial charge in [-0.05, 0) is 42.0 Å². The molecule has 5 heteroatoms. The molecule has 0 aliphatic heterocycles. The van der Waals surface area contributed by atoms with E-state index in [9.17, 15) is 0 Å². The van der Waals surface area contributed by atoms with Crippen molar-refractivity contribution in [2.45, 2.75) is 0 Å². The van der Waals surface area contributed by atoms with Crippen LogP contribution in [0.3, 0.4) is 0 Å². The molecule has 0 amide bonds. The van der Waals surface area contributed by atoms with Gasteiger partial charge in [-0.25, -0.2) is 0 Å². The van der Waals surface area contributed by atoms with E-state index < -0.39 is 0 Å². The fraction of sp³-hybridized carbons (Fsp3) is 0. The van der Waals surface area contributed by atoms with Gasteiger partial charge in [-0.2, -0.15) is 5.10 Å². The minimum Gasteiger partial charge on any atom is -0.472 e. The molecule has 0 unspecified atom stereocenters. The standard InChI is InChI=1S/C20H14N4O/c1-2-15(14-6-9-25-12-14)16-10-19(22-17(16)3-1)20-11-18(23-24-20)13-4-7-21-8-5-13/h1-12,22H,(H,23,24). The fourth-order valence-electron chi connectivity index (χ4n) is 3.10. The molecule has 0 saturated heterocycles. The van der Waals surface area contributed by atoms with Crippen molar-refractivity contribution in [1.82, 2.24) is 20.2 Å². The van der Waals surface area contributed by atoms with Crippen LogP contribution in [0.15, 0.2) is 77.9 Å². The predicted octanol–water partition coefficient (Wildman–Crippen LogP) is 4.88. The molecule has 4 aromatic heterocycles. The normalized spacial score (nSPS) is 11.2. The predicted molar refractivity (Wildman–Crippen MR) is 96.8 cm³/mol. The molecule has 1 aromatic carbocycles. The minimum absolute atomic E-state index is 0.895. The Hall–Kier alpha value is -3.60. The van der Waals surface area contributed by atoms with Gasteiger partial charge < -0.3 is 9.40 Å². The third kappa shape index (κ3) is 2.33. The summed E-state index contributed by atoms with van der Waals surface area (Å²) in [5, 5.41) is 8.68. The van der Waals surface area contributed by atoms with Crippen LogP contribution in [-0.4, -0.2) is 20.2 Å². The molecule has 0 spiro atoms. The number of aromatic amines is 2. The molecule has 4 heterocycles. The van der Waals surface area contributed by atoms with Crippen LogP contribution in [0, 0.1) is 0 Å². The van der Waals surface area contributed by atoms with Gasteiger partial charge in [0.15, 0.2) is 0 Å². The highest BCUT2D eigenvalue weighted by atomic mass is 16.3. The van der Waals surface area contributed by atoms with Gasteiger partial charge >= 0.3 is 0 Å². The molecule has 0 bridgehead atoms. The number of rotatable bonds is 3. The number of nitrogens with one attached hydrogen (secondary N) is 2. The second kappa shape index (κ2) is 5.49. The number of fused-ring (bicyclic) bond motifs is 1. The Bertz CT molecular complexity index is 1140. The lowest BCUT2D eigenvalue weighted by Crippen LogP contribution is -1.77. The number of aromatic nitrogens is 4. The van der Waals surface area contributed by atoms with E-state index in [4.69, 9.17) is 4.42 Å². The summed E-state index contributed by atoms with van der Waals surface area (Å²) < 4.78 is 5.23. The number of H-pyrrole nitrogens is 2. The Morgan fingerprint density at radius 2 is 1.80 bits per heavy atom. The first-order chi connectivity index (χ1) is 12.4. The largest absolute Gasteiger partial charge is 0.472 e. The van der Waals surface area contributed by atoms with Crippen LogP contribution in [0.2, 0.25) is 0 Å². The zero-order valence-corrected chi connectivity index (χ0v) is 13.2. The smallest absolute Gasteiger partial charge is 0.0981 e. The summed E-state index contributed by atoms with van der Waals surface area (Å²) in [6.07, 6.45) is 6.99. The van der Waals surface area contributed by atoms with Crippen molar-refractivity contribution in [3.05, 3.63) is 73.5 Å². The average Bonchev–Trinajstić information content (AvgIpc) is 3.41. The van der Waals surface area contributed by atoms with Crippen molar-refractivity contribution < 1.29 is 4.42 Å². The second-order valence-corrected chi connectivity index (χ2v) is 5.86. The topological polar surface area (TPSA) is 70.5 Å². The van der Waals surface area contributed by atoms with E-state index in [1.165, 1.54) is 0 Å². The quantitative estimate of drug-likeness (QED) is 0.496. The van der Waals surface area contributed by atoms with Crippen LogP contribution in [-0.2, 0) is 0 Å². The number of furan rings is 1. The van der Waals surface area contributed by atoms with E-state index in [-0.39, 0.29) is 0 Å². The maximum atomic E-state index is 5.23. The second-order valence-electron chi connectivity index (χ2n) is 5.86. The number of nitrogens with zero attached hydrogens (tertiary/aromatic N) is 2. The van der Waals surface area contributed by atoms with Crippen molar-refractivity contribution in [1.29, 1.82) is 0 Å². The average molecular weight is 326 g/mol. The molecule has 0 saturated carbocycles. The van der Waals surface area contributed by atoms with Crippen molar-refractivity contribution in [2.75, 3.05) is 0 Å². The highest BCUT2D eigenvalue weighted by Crippen LogP contribution is 2.32. The molecule has 5 nitrogen and oxygen atoms in total. The maximum Gasteiger partial charge on any atom is 0.0981 e. The lowest BCUT2D eigenvalue weighted by atomic mass is 10.0. The molecular weight excluding hydrogens is 312 g/mol. The highest BCUT2D eigenvalue weighted by Gasteiger charge is 2.11. The van der Waals surface area contributed by atoms with E-state index in [0.717, 1.165) is 44.7 Å². The summed E-state index contributed by atoms with van der Waals surface area (Å²) >= 11 is 0. The van der Waals surface area contributed by atoms with Gasteiger partial charge in [0.25, 0.3) is 0 Å². The number of pyridine rings is 1. The Balaban J connectivity index is 1.60. The van der Waals surface area contributed by atoms with Gasteiger partial charge in [-0.15, -0.1) is 0 Å². The SMILES string of the molecule is c1cc(-c2ccoc2)c2cc(-c3cc(-c4ccncc4)n[nH]3)[nH]c2c1. The van der Waals surface area contributed by atoms with Crippen molar-refractivity contribution >= 4 is 10.9 Å². The summed E-state index contributed by atoms with van der Waals surface area (Å²) in [5.41, 5.74) is 7.16. The lowest BCUT2D eigenvalue weighted by molar-refractivity contribution is 0.568. The van der Waals surface area contributed by atoms with Gasteiger partial charge in [-0.3, -0.25) is 10.1 Å². The fourth-order valence-corrected chi connectivity index (χ4v) is 3.10. The lowest BCUT2D eigenvalue weighted by Gasteiger charge is -1.98. The van der Waals surface area contributed by atoms with Gasteiger partial charge in [-0.1, -0.05) is 12.1 Å². The molecule has 120 valence electrons. The van der Waals surface area contributed by atoms with E-state index in [1.807, 2.05) is 30.3 Å². The molecule has 0 radical (unpaired) electrons. The summed E-state index contributed by atoms with van der Waals surface area (Å²) in [4.78, 5) is 7.51. The van der Waals surface area contributed by atoms with Gasteiger partial charge in [0.1, 0.15) is 0 Å². The zero-order valence-electron chi connectivity index (χ0n) is 13.2. The molecule has 0 aliphatic rings. The molecule has 5 rings (SSSR count). The van der Waals surface area contributed by atoms with E-state index in [0.29, 0.717) is 0 Å². The highest BCUT2D eigenvalue weighted by molar-refractivity contribution is 5.97. The summed E-state index contributed by atoms with van der Waals surface area (Å²) in [6.45, 7) is 0. The van der Waals surface area contributed by atoms with Crippen LogP contribution in [0.25, 0.3) is 44.7 Å². The maximum absolute atomic E-state index is 5.23. The first-order valence-corrected chi connectivity index (χ1v) is 7.99. The number of benzene rings is 1. The van der Waals surface area contributed by atoms with Crippen LogP contribution >= 0.6 is 0 Å². The first-order valence-electron chi connectivity index (χ1n) is 7.99. The van der Waals surface area contributed by atoms with Crippen molar-refractivity contribution in [3.63, 3.8) is 0 Å². The minimum atomic E-state index is 0.895. The van der Waals surface area contributed by atoms with Gasteiger partial charge in [0, 0.05) is 34.4 Å². The van der Waals surface area contributed by atoms with E-state index in [2.05, 4.69) is 38.4 Å². The third-order valence-electron chi connectivity index (χ3n) is 4.34. The third-order valence-corrected chi connectivity index (χ3v) is 4.34. The van der Waals surface area contributed by atoms with Crippen LogP contribution in [0.4, 0.5) is 0 Å². The van der Waals surface area contributed by atoms with Gasteiger partial charge in [0.2, 0.25) is 0 Å². The van der Waals surface area contributed by atoms with Crippen LogP contribution in [0.1, 0.15) is 0 Å². The number of hydrogen-bond donors (Lipinski definition) is 2. The Morgan fingerprint density at radius 1 is 0.880 bits per heavy atom. The van der Waals surface area contributed by atoms with Crippen LogP contribution < -0.4 is 0 Å². The van der Waals surface area contributed by atoms with Crippen LogP contribution in [0.5, 0.6) is 0 Å². The monoisotopic (exact) mass is 326 g/mol. The van der Waals surface area contributed by atoms with Gasteiger partial charge in [0.05, 0.1) is 29.6 Å². The summed E-state index contributed by atoms with van der Waals surface area (Å²) in [6, 6.07) is 16.3. The Kier molecular flexibility index (Phi) is 3.03. The molecule has 5 aromatic rings. The zero-order chi connectivity index (χ0) is 16.6. The number of hydrogen-bond acceptors (Lipinski definition) is 3. The molecule has 0 atom stereocenters. The molecule has 0 aliphatic carbocycles. The molecule has 0 fully saturated rings. The summed E-state index contributed by atoms with van der Waals surface area (Å²) in [5.74, 6) is 0. The van der Waals surface area contributed by atoms with Crippen molar-refractivity contribution in [2.24, 2.45) is 0 Å². The first kappa shape index (κ1) is 13.8. The van der Waals surface area contributed by atoms with E-state index >= 15 is 0 Å². The summed E-state index contributed by atoms with van der Waals surface area (Å²) in [7, 11) is 0. The Morgan fingerprint density at radius 3 is 2.64 bits per heavy atom. The van der Waals surface area contributed by atoms with Crippen molar-refractivity contribution in [3.8, 4) is 33.8 Å². The Labute approximate surface area is 143 Å². The molecular formula is C20H14N4O. The molecule has 25 heavy (non-hydrogen) atoms. The van der Waals surface area contributed by atoms with E-state index in [1.54, 1.807) is 24.9 Å².